The summed E-state index contributed by atoms with van der Waals surface area (Å²) < 4.78 is 39.2. The van der Waals surface area contributed by atoms with Gasteiger partial charge in [-0.25, -0.2) is 13.8 Å². The molecule has 1 saturated carbocycles. The maximum Gasteiger partial charge on any atom is 0.301 e. The van der Waals surface area contributed by atoms with Crippen molar-refractivity contribution in [2.75, 3.05) is 86.1 Å². The Morgan fingerprint density at radius 3 is 2.48 bits per heavy atom. The maximum absolute atomic E-state index is 15.2. The van der Waals surface area contributed by atoms with E-state index in [1.54, 1.807) is 31.4 Å². The zero-order valence-corrected chi connectivity index (χ0v) is 35.4. The second kappa shape index (κ2) is 16.0. The number of aryl methyl sites for hydroxylation is 2. The highest BCUT2D eigenvalue weighted by molar-refractivity contribution is 6.33. The summed E-state index contributed by atoms with van der Waals surface area (Å²) in [6.07, 6.45) is 4.69. The number of pyridine rings is 1. The van der Waals surface area contributed by atoms with Gasteiger partial charge in [-0.05, 0) is 55.9 Å². The first-order chi connectivity index (χ1) is 29.9. The molecule has 3 N–H and O–H groups in total. The van der Waals surface area contributed by atoms with E-state index in [0.717, 1.165) is 87.7 Å². The number of hydrogen-bond donors (Lipinski definition) is 3. The van der Waals surface area contributed by atoms with Crippen LogP contribution in [0.25, 0.3) is 21.8 Å². The summed E-state index contributed by atoms with van der Waals surface area (Å²) in [7, 11) is 3.52. The monoisotopic (exact) mass is 870 g/mol. The Kier molecular flexibility index (Phi) is 10.4. The lowest BCUT2D eigenvalue weighted by Crippen LogP contribution is -2.50. The van der Waals surface area contributed by atoms with Crippen LogP contribution >= 0.6 is 11.6 Å². The Bertz CT molecular complexity index is 2650. The van der Waals surface area contributed by atoms with Crippen LogP contribution in [0.5, 0.6) is 5.75 Å². The summed E-state index contributed by atoms with van der Waals surface area (Å²) in [5.41, 5.74) is 3.80. The second-order valence-corrected chi connectivity index (χ2v) is 17.6. The van der Waals surface area contributed by atoms with Crippen molar-refractivity contribution in [3.05, 3.63) is 63.7 Å². The molecule has 5 aliphatic rings. The minimum Gasteiger partial charge on any atom is -0.480 e. The number of fused-ring (bicyclic) bond motifs is 4. The number of aromatic nitrogens is 5. The van der Waals surface area contributed by atoms with Gasteiger partial charge in [0.15, 0.2) is 12.4 Å². The normalized spacial score (nSPS) is 22.5. The minimum absolute atomic E-state index is 0.109. The van der Waals surface area contributed by atoms with Crippen LogP contribution in [-0.4, -0.2) is 124 Å². The van der Waals surface area contributed by atoms with Crippen LogP contribution in [0.2, 0.25) is 5.02 Å². The molecule has 2 atom stereocenters. The fraction of sp³-hybridized carbons (Fsp3) is 0.488. The number of nitrogens with zero attached hydrogens (tertiary/aromatic N) is 9. The summed E-state index contributed by atoms with van der Waals surface area (Å²) >= 11 is 6.66. The van der Waals surface area contributed by atoms with Gasteiger partial charge in [-0.2, -0.15) is 10.1 Å². The lowest BCUT2D eigenvalue weighted by atomic mass is 9.92. The van der Waals surface area contributed by atoms with Crippen LogP contribution in [-0.2, 0) is 23.7 Å². The summed E-state index contributed by atoms with van der Waals surface area (Å²) in [6.45, 7) is 6.75. The Balaban J connectivity index is 0.789. The number of halogens is 3. The molecule has 3 saturated heterocycles. The lowest BCUT2D eigenvalue weighted by Gasteiger charge is -2.38. The van der Waals surface area contributed by atoms with Gasteiger partial charge in [-0.3, -0.25) is 34.2 Å². The van der Waals surface area contributed by atoms with Crippen molar-refractivity contribution < 1.29 is 23.1 Å². The number of rotatable bonds is 8. The SMILES string of the molecule is Cn1nc(C2CCC(=O)NC2=O)c2cccc(N3CCN(CN4CCCN(c5ncc(Cl)c(Nc6ccc7c(c6)c6c(c(=O)n7C)OCC(F)(F)[C@H](C7CC7)N6)n5)CC4)CC3)c21. The van der Waals surface area contributed by atoms with Gasteiger partial charge < -0.3 is 29.7 Å². The molecule has 1 aliphatic carbocycles. The first-order valence-corrected chi connectivity index (χ1v) is 21.8. The molecule has 0 radical (unpaired) electrons. The van der Waals surface area contributed by atoms with Crippen molar-refractivity contribution in [3.8, 4) is 5.75 Å². The van der Waals surface area contributed by atoms with E-state index in [-0.39, 0.29) is 29.2 Å². The van der Waals surface area contributed by atoms with E-state index in [0.29, 0.717) is 59.1 Å². The smallest absolute Gasteiger partial charge is 0.301 e. The van der Waals surface area contributed by atoms with Gasteiger partial charge >= 0.3 is 5.92 Å². The number of imide groups is 1. The van der Waals surface area contributed by atoms with Crippen molar-refractivity contribution in [1.29, 1.82) is 0 Å². The number of carbonyl (C=O) groups excluding carboxylic acids is 2. The number of benzene rings is 2. The molecule has 16 nitrogen and oxygen atoms in total. The highest BCUT2D eigenvalue weighted by Crippen LogP contribution is 2.46. The number of amides is 2. The Morgan fingerprint density at radius 2 is 1.71 bits per heavy atom. The van der Waals surface area contributed by atoms with Gasteiger partial charge in [0.25, 0.3) is 5.56 Å². The number of piperidine rings is 1. The van der Waals surface area contributed by atoms with Crippen molar-refractivity contribution >= 4 is 74.0 Å². The van der Waals surface area contributed by atoms with Crippen LogP contribution in [0.3, 0.4) is 0 Å². The first-order valence-electron chi connectivity index (χ1n) is 21.4. The molecule has 0 bridgehead atoms. The lowest BCUT2D eigenvalue weighted by molar-refractivity contribution is -0.134. The van der Waals surface area contributed by atoms with Gasteiger partial charge in [0.1, 0.15) is 5.02 Å². The summed E-state index contributed by atoms with van der Waals surface area (Å²) in [5.74, 6) is -3.42. The Labute approximate surface area is 361 Å². The number of para-hydroxylation sites is 1. The quantitative estimate of drug-likeness (QED) is 0.186. The van der Waals surface area contributed by atoms with E-state index in [1.807, 2.05) is 23.9 Å². The molecule has 5 aromatic rings. The summed E-state index contributed by atoms with van der Waals surface area (Å²) in [4.78, 5) is 56.8. The zero-order chi connectivity index (χ0) is 42.9. The second-order valence-electron chi connectivity index (χ2n) is 17.2. The van der Waals surface area contributed by atoms with Crippen LogP contribution in [0.15, 0.2) is 47.4 Å². The largest absolute Gasteiger partial charge is 0.480 e. The van der Waals surface area contributed by atoms with Crippen molar-refractivity contribution in [1.82, 2.24) is 39.4 Å². The van der Waals surface area contributed by atoms with E-state index < -0.39 is 30.0 Å². The molecule has 62 heavy (non-hydrogen) atoms. The van der Waals surface area contributed by atoms with E-state index in [1.165, 1.54) is 4.57 Å². The third-order valence-corrected chi connectivity index (χ3v) is 13.3. The fourth-order valence-electron chi connectivity index (χ4n) is 9.56. The average molecular weight is 871 g/mol. The van der Waals surface area contributed by atoms with Crippen LogP contribution < -0.4 is 36.0 Å². The number of anilines is 5. The van der Waals surface area contributed by atoms with E-state index in [4.69, 9.17) is 26.4 Å². The third kappa shape index (κ3) is 7.55. The van der Waals surface area contributed by atoms with Crippen molar-refractivity contribution in [3.63, 3.8) is 0 Å². The minimum atomic E-state index is -3.13. The molecule has 2 amide bonds. The van der Waals surface area contributed by atoms with E-state index >= 15 is 8.78 Å². The van der Waals surface area contributed by atoms with Crippen LogP contribution in [0, 0.1) is 5.92 Å². The zero-order valence-electron chi connectivity index (χ0n) is 34.7. The topological polar surface area (TPSA) is 158 Å². The molecule has 4 fully saturated rings. The van der Waals surface area contributed by atoms with E-state index in [9.17, 15) is 14.4 Å². The molecule has 0 spiro atoms. The van der Waals surface area contributed by atoms with Crippen molar-refractivity contribution in [2.45, 2.75) is 50.0 Å². The molecule has 7 heterocycles. The molecule has 4 aliphatic heterocycles. The average Bonchev–Trinajstić information content (AvgIpc) is 4.09. The predicted octanol–water partition coefficient (Wildman–Crippen LogP) is 4.64. The molecule has 19 heteroatoms. The summed E-state index contributed by atoms with van der Waals surface area (Å²) in [6, 6.07) is 10.4. The highest BCUT2D eigenvalue weighted by Gasteiger charge is 2.51. The van der Waals surface area contributed by atoms with Gasteiger partial charge in [0.05, 0.1) is 52.9 Å². The number of nitrogens with one attached hydrogen (secondary N) is 3. The predicted molar refractivity (Wildman–Crippen MR) is 233 cm³/mol. The molecule has 10 rings (SSSR count). The number of hydrogen-bond acceptors (Lipinski definition) is 13. The van der Waals surface area contributed by atoms with Crippen molar-refractivity contribution in [2.24, 2.45) is 20.0 Å². The summed E-state index contributed by atoms with van der Waals surface area (Å²) in [5, 5.41) is 15.5. The number of carbonyl (C=O) groups is 2. The third-order valence-electron chi connectivity index (χ3n) is 13.0. The number of alkyl halides is 2. The maximum atomic E-state index is 15.2. The standard InChI is InChI=1S/C43H49ClF2N12O4/c1-53-31-11-9-26(21-29(31)35-37(41(53)61)62-23-43(45,46)38(50-35)25-7-8-25)48-39-30(44)22-47-42(51-39)58-14-4-13-55(17-20-58)24-56-15-18-57(19-16-56)32-6-3-5-27-34(52-54(2)36(27)32)28-10-12-33(59)49-40(28)60/h3,5-6,9,11,21-22,25,28,38,50H,4,7-8,10,12-20,23-24H2,1-2H3,(H,47,48,51)(H,49,59,60)/t28?,38-/m0/s1. The first kappa shape index (κ1) is 40.5. The Hall–Kier alpha value is -5.59. The molecule has 2 aromatic carbocycles. The van der Waals surface area contributed by atoms with Gasteiger partial charge in [0, 0.05) is 89.3 Å². The highest BCUT2D eigenvalue weighted by atomic mass is 35.5. The van der Waals surface area contributed by atoms with Gasteiger partial charge in [-0.15, -0.1) is 0 Å². The van der Waals surface area contributed by atoms with Crippen LogP contribution in [0.1, 0.15) is 43.7 Å². The van der Waals surface area contributed by atoms with E-state index in [2.05, 4.69) is 46.6 Å². The molecular weight excluding hydrogens is 822 g/mol. The molecular formula is C43H49ClF2N12O4. The van der Waals surface area contributed by atoms with Gasteiger partial charge in [-0.1, -0.05) is 23.7 Å². The van der Waals surface area contributed by atoms with Gasteiger partial charge in [0.2, 0.25) is 23.5 Å². The molecule has 3 aromatic heterocycles. The van der Waals surface area contributed by atoms with Crippen LogP contribution in [0.4, 0.5) is 37.6 Å². The Morgan fingerprint density at radius 1 is 0.935 bits per heavy atom. The fourth-order valence-corrected chi connectivity index (χ4v) is 9.70. The molecule has 1 unspecified atom stereocenters. The molecule has 326 valence electrons. The number of ether oxygens (including phenoxy) is 1. The number of piperazine rings is 1.